The molecule has 0 spiro atoms. The Morgan fingerprint density at radius 3 is 2.54 bits per heavy atom. The van der Waals surface area contributed by atoms with Crippen LogP contribution in [0.4, 0.5) is 24.8 Å². The number of halogens is 3. The van der Waals surface area contributed by atoms with Gasteiger partial charge in [0, 0.05) is 25.7 Å². The lowest BCUT2D eigenvalue weighted by Crippen LogP contribution is -2.38. The first-order valence-electron chi connectivity index (χ1n) is 11.7. The fraction of sp³-hybridized carbons (Fsp3) is 0.542. The Balaban J connectivity index is 1.26. The van der Waals surface area contributed by atoms with Gasteiger partial charge >= 0.3 is 6.18 Å². The van der Waals surface area contributed by atoms with Gasteiger partial charge in [-0.3, -0.25) is 4.79 Å². The minimum Gasteiger partial charge on any atom is -0.483 e. The van der Waals surface area contributed by atoms with Gasteiger partial charge in [0.15, 0.2) is 0 Å². The minimum atomic E-state index is -4.52. The number of alkyl halides is 3. The summed E-state index contributed by atoms with van der Waals surface area (Å²) < 4.78 is 56.2. The highest BCUT2D eigenvalue weighted by Crippen LogP contribution is 2.36. The van der Waals surface area contributed by atoms with Crippen molar-refractivity contribution in [1.82, 2.24) is 9.97 Å². The van der Waals surface area contributed by atoms with Gasteiger partial charge in [0.05, 0.1) is 24.5 Å². The molecule has 35 heavy (non-hydrogen) atoms. The van der Waals surface area contributed by atoms with Crippen LogP contribution in [0.2, 0.25) is 0 Å². The molecule has 1 aliphatic carbocycles. The molecule has 1 saturated carbocycles. The Hall–Kier alpha value is -3.08. The molecular weight excluding hydrogens is 465 g/mol. The van der Waals surface area contributed by atoms with Crippen LogP contribution < -0.4 is 20.1 Å². The van der Waals surface area contributed by atoms with Crippen LogP contribution in [0.5, 0.6) is 11.6 Å². The number of hydrogen-bond donors (Lipinski definition) is 2. The smallest absolute Gasteiger partial charge is 0.416 e. The molecule has 0 radical (unpaired) electrons. The van der Waals surface area contributed by atoms with E-state index in [1.165, 1.54) is 6.07 Å². The largest absolute Gasteiger partial charge is 0.483 e. The van der Waals surface area contributed by atoms with E-state index in [0.29, 0.717) is 37.4 Å². The Bertz CT molecular complexity index is 1010. The molecule has 190 valence electrons. The van der Waals surface area contributed by atoms with Crippen LogP contribution in [-0.2, 0) is 15.7 Å². The minimum absolute atomic E-state index is 0.0274. The summed E-state index contributed by atoms with van der Waals surface area (Å²) in [6.45, 7) is 0.739. The maximum atomic E-state index is 13.2. The summed E-state index contributed by atoms with van der Waals surface area (Å²) in [5.41, 5.74) is -0.812. The van der Waals surface area contributed by atoms with Crippen LogP contribution in [0, 0.1) is 5.92 Å². The Labute approximate surface area is 201 Å². The molecule has 1 aliphatic heterocycles. The zero-order valence-corrected chi connectivity index (χ0v) is 19.4. The monoisotopic (exact) mass is 494 g/mol. The van der Waals surface area contributed by atoms with E-state index in [0.717, 1.165) is 37.8 Å². The van der Waals surface area contributed by atoms with Crippen molar-refractivity contribution in [2.24, 2.45) is 5.92 Å². The summed E-state index contributed by atoms with van der Waals surface area (Å²) in [5, 5.41) is 5.49. The number of nitrogens with zero attached hydrogens (tertiary/aromatic N) is 2. The molecule has 2 aliphatic rings. The van der Waals surface area contributed by atoms with E-state index < -0.39 is 11.7 Å². The second-order valence-electron chi connectivity index (χ2n) is 8.80. The van der Waals surface area contributed by atoms with Crippen LogP contribution in [0.3, 0.4) is 0 Å². The Morgan fingerprint density at radius 1 is 1.11 bits per heavy atom. The molecule has 4 rings (SSSR count). The van der Waals surface area contributed by atoms with Crippen molar-refractivity contribution >= 4 is 17.5 Å². The van der Waals surface area contributed by atoms with Gasteiger partial charge in [-0.25, -0.2) is 4.98 Å². The van der Waals surface area contributed by atoms with Crippen molar-refractivity contribution in [1.29, 1.82) is 0 Å². The SMILES string of the molecule is CNc1nccc(OC2CCC(CCC(=O)Nc3cc(C(F)(F)F)ccc3OC3COC3)CC2)n1. The summed E-state index contributed by atoms with van der Waals surface area (Å²) in [5.74, 6) is 1.25. The fourth-order valence-corrected chi connectivity index (χ4v) is 4.15. The molecule has 2 aromatic rings. The van der Waals surface area contributed by atoms with Gasteiger partial charge in [0.25, 0.3) is 0 Å². The standard InChI is InChI=1S/C24H29F3N4O4/c1-28-23-29-11-10-22(31-23)35-17-6-2-15(3-7-17)4-9-21(32)30-19-12-16(24(25,26)27)5-8-20(19)34-18-13-33-14-18/h5,8,10-12,15,17-18H,2-4,6-7,9,13-14H2,1H3,(H,30,32)(H,28,29,31). The maximum Gasteiger partial charge on any atom is 0.416 e. The van der Waals surface area contributed by atoms with E-state index in [4.69, 9.17) is 14.2 Å². The predicted octanol–water partition coefficient (Wildman–Crippen LogP) is 4.67. The molecule has 2 fully saturated rings. The lowest BCUT2D eigenvalue weighted by Gasteiger charge is -2.29. The first-order valence-corrected chi connectivity index (χ1v) is 11.7. The number of ether oxygens (including phenoxy) is 3. The van der Waals surface area contributed by atoms with E-state index in [1.807, 2.05) is 0 Å². The average Bonchev–Trinajstić information content (AvgIpc) is 2.81. The molecule has 0 bridgehead atoms. The third-order valence-corrected chi connectivity index (χ3v) is 6.20. The van der Waals surface area contributed by atoms with Crippen LogP contribution in [-0.4, -0.2) is 48.3 Å². The van der Waals surface area contributed by atoms with Gasteiger partial charge in [-0.2, -0.15) is 18.2 Å². The normalized spacial score (nSPS) is 20.6. The Morgan fingerprint density at radius 2 is 1.89 bits per heavy atom. The third-order valence-electron chi connectivity index (χ3n) is 6.20. The van der Waals surface area contributed by atoms with Crippen molar-refractivity contribution < 1.29 is 32.2 Å². The molecule has 2 heterocycles. The molecule has 0 unspecified atom stereocenters. The first kappa shape index (κ1) is 25.0. The van der Waals surface area contributed by atoms with Crippen LogP contribution in [0.25, 0.3) is 0 Å². The highest BCUT2D eigenvalue weighted by molar-refractivity contribution is 5.92. The molecule has 1 saturated heterocycles. The zero-order chi connectivity index (χ0) is 24.8. The van der Waals surface area contributed by atoms with E-state index >= 15 is 0 Å². The first-order chi connectivity index (χ1) is 16.8. The number of rotatable bonds is 9. The van der Waals surface area contributed by atoms with Gasteiger partial charge in [0.2, 0.25) is 17.7 Å². The molecule has 8 nitrogen and oxygen atoms in total. The van der Waals surface area contributed by atoms with E-state index in [1.54, 1.807) is 19.3 Å². The molecular formula is C24H29F3N4O4. The van der Waals surface area contributed by atoms with Crippen molar-refractivity contribution in [3.05, 3.63) is 36.0 Å². The summed E-state index contributed by atoms with van der Waals surface area (Å²) in [6.07, 6.45) is 1.32. The van der Waals surface area contributed by atoms with Crippen molar-refractivity contribution in [3.8, 4) is 11.6 Å². The number of nitrogens with one attached hydrogen (secondary N) is 2. The molecule has 1 aromatic heterocycles. The number of carbonyl (C=O) groups excluding carboxylic acids is 1. The highest BCUT2D eigenvalue weighted by atomic mass is 19.4. The zero-order valence-electron chi connectivity index (χ0n) is 19.4. The second-order valence-corrected chi connectivity index (χ2v) is 8.80. The topological polar surface area (TPSA) is 94.6 Å². The summed E-state index contributed by atoms with van der Waals surface area (Å²) in [4.78, 5) is 20.9. The third kappa shape index (κ3) is 6.97. The van der Waals surface area contributed by atoms with E-state index in [2.05, 4.69) is 20.6 Å². The predicted molar refractivity (Wildman–Crippen MR) is 122 cm³/mol. The van der Waals surface area contributed by atoms with E-state index in [9.17, 15) is 18.0 Å². The number of anilines is 2. The molecule has 1 aromatic carbocycles. The Kier molecular flexibility index (Phi) is 7.94. The van der Waals surface area contributed by atoms with Gasteiger partial charge in [-0.15, -0.1) is 0 Å². The van der Waals surface area contributed by atoms with Gasteiger partial charge in [-0.1, -0.05) is 0 Å². The van der Waals surface area contributed by atoms with E-state index in [-0.39, 0.29) is 36.0 Å². The highest BCUT2D eigenvalue weighted by Gasteiger charge is 2.32. The summed E-state index contributed by atoms with van der Waals surface area (Å²) in [6, 6.07) is 4.84. The molecule has 11 heteroatoms. The molecule has 0 atom stereocenters. The van der Waals surface area contributed by atoms with Gasteiger partial charge in [-0.05, 0) is 56.2 Å². The molecule has 2 N–H and O–H groups in total. The maximum absolute atomic E-state index is 13.2. The van der Waals surface area contributed by atoms with Crippen molar-refractivity contribution in [2.45, 2.75) is 56.9 Å². The second kappa shape index (κ2) is 11.1. The van der Waals surface area contributed by atoms with Gasteiger partial charge in [0.1, 0.15) is 18.0 Å². The van der Waals surface area contributed by atoms with Crippen molar-refractivity contribution in [2.75, 3.05) is 30.9 Å². The quantitative estimate of drug-likeness (QED) is 0.523. The number of carbonyl (C=O) groups is 1. The number of aromatic nitrogens is 2. The van der Waals surface area contributed by atoms with Crippen LogP contribution >= 0.6 is 0 Å². The van der Waals surface area contributed by atoms with Crippen LogP contribution in [0.1, 0.15) is 44.1 Å². The number of benzene rings is 1. The number of amides is 1. The number of hydrogen-bond acceptors (Lipinski definition) is 7. The van der Waals surface area contributed by atoms with Gasteiger partial charge < -0.3 is 24.8 Å². The lowest BCUT2D eigenvalue weighted by atomic mass is 9.84. The summed E-state index contributed by atoms with van der Waals surface area (Å²) >= 11 is 0. The van der Waals surface area contributed by atoms with Crippen molar-refractivity contribution in [3.63, 3.8) is 0 Å². The lowest BCUT2D eigenvalue weighted by molar-refractivity contribution is -0.137. The molecule has 1 amide bonds. The van der Waals surface area contributed by atoms with Crippen LogP contribution in [0.15, 0.2) is 30.5 Å². The fourth-order valence-electron chi connectivity index (χ4n) is 4.15. The summed E-state index contributed by atoms with van der Waals surface area (Å²) in [7, 11) is 1.74. The average molecular weight is 495 g/mol.